The smallest absolute Gasteiger partial charge is 0.258 e. The fourth-order valence-electron chi connectivity index (χ4n) is 2.78. The molecule has 1 aromatic carbocycles. The van der Waals surface area contributed by atoms with Gasteiger partial charge in [0.25, 0.3) is 5.91 Å². The molecule has 7 heteroatoms. The van der Waals surface area contributed by atoms with Crippen LogP contribution in [0.3, 0.4) is 0 Å². The van der Waals surface area contributed by atoms with Gasteiger partial charge in [0.15, 0.2) is 0 Å². The number of thiophene rings is 1. The minimum atomic E-state index is -0.309. The minimum Gasteiger partial charge on any atom is -0.322 e. The van der Waals surface area contributed by atoms with Gasteiger partial charge in [-0.3, -0.25) is 9.59 Å². The van der Waals surface area contributed by atoms with Crippen LogP contribution in [0.2, 0.25) is 5.02 Å². The van der Waals surface area contributed by atoms with E-state index in [0.717, 1.165) is 31.2 Å². The topological polar surface area (TPSA) is 58.2 Å². The van der Waals surface area contributed by atoms with Gasteiger partial charge in [-0.05, 0) is 55.5 Å². The van der Waals surface area contributed by atoms with Gasteiger partial charge >= 0.3 is 0 Å². The Morgan fingerprint density at radius 3 is 2.50 bits per heavy atom. The molecule has 1 heterocycles. The van der Waals surface area contributed by atoms with E-state index in [-0.39, 0.29) is 17.7 Å². The number of rotatable bonds is 4. The van der Waals surface area contributed by atoms with Crippen LogP contribution in [0.4, 0.5) is 10.7 Å². The molecule has 4 nitrogen and oxygen atoms in total. The van der Waals surface area contributed by atoms with Crippen LogP contribution in [0.15, 0.2) is 24.3 Å². The SMILES string of the molecule is O=C(CCl)Nc1sc2c(c1C(=O)Nc1ccc(Cl)cc1)CCCC2. The van der Waals surface area contributed by atoms with Crippen molar-refractivity contribution in [1.82, 2.24) is 0 Å². The van der Waals surface area contributed by atoms with Crippen molar-refractivity contribution >= 4 is 57.0 Å². The highest BCUT2D eigenvalue weighted by molar-refractivity contribution is 7.17. The van der Waals surface area contributed by atoms with Crippen molar-refractivity contribution < 1.29 is 9.59 Å². The molecule has 0 unspecified atom stereocenters. The van der Waals surface area contributed by atoms with Crippen LogP contribution in [-0.2, 0) is 17.6 Å². The molecule has 0 spiro atoms. The first-order valence-corrected chi connectivity index (χ1v) is 9.38. The van der Waals surface area contributed by atoms with Gasteiger partial charge in [0.1, 0.15) is 10.9 Å². The number of carbonyl (C=O) groups excluding carboxylic acids is 2. The van der Waals surface area contributed by atoms with Gasteiger partial charge in [0.05, 0.1) is 5.56 Å². The number of amides is 2. The molecule has 0 saturated carbocycles. The van der Waals surface area contributed by atoms with E-state index < -0.39 is 0 Å². The molecule has 0 atom stereocenters. The molecule has 2 amide bonds. The van der Waals surface area contributed by atoms with E-state index in [1.807, 2.05) is 0 Å². The molecule has 0 fully saturated rings. The van der Waals surface area contributed by atoms with Crippen molar-refractivity contribution in [3.05, 3.63) is 45.3 Å². The lowest BCUT2D eigenvalue weighted by atomic mass is 9.95. The van der Waals surface area contributed by atoms with Gasteiger partial charge in [-0.25, -0.2) is 0 Å². The lowest BCUT2D eigenvalue weighted by Crippen LogP contribution is -2.19. The summed E-state index contributed by atoms with van der Waals surface area (Å²) in [5, 5.41) is 6.83. The molecule has 0 bridgehead atoms. The highest BCUT2D eigenvalue weighted by atomic mass is 35.5. The number of carbonyl (C=O) groups is 2. The predicted molar refractivity (Wildman–Crippen MR) is 99.7 cm³/mol. The summed E-state index contributed by atoms with van der Waals surface area (Å²) < 4.78 is 0. The van der Waals surface area contributed by atoms with Crippen LogP contribution in [-0.4, -0.2) is 17.7 Å². The summed E-state index contributed by atoms with van der Waals surface area (Å²) in [5.74, 6) is -0.668. The number of hydrogen-bond acceptors (Lipinski definition) is 3. The first-order valence-electron chi connectivity index (χ1n) is 7.65. The first kappa shape index (κ1) is 17.3. The van der Waals surface area contributed by atoms with E-state index in [1.165, 1.54) is 16.2 Å². The third kappa shape index (κ3) is 3.74. The summed E-state index contributed by atoms with van der Waals surface area (Å²) in [4.78, 5) is 25.7. The summed E-state index contributed by atoms with van der Waals surface area (Å²) in [5.41, 5.74) is 2.26. The number of aryl methyl sites for hydroxylation is 1. The molecule has 3 rings (SSSR count). The molecule has 0 aliphatic heterocycles. The van der Waals surface area contributed by atoms with Crippen LogP contribution in [0, 0.1) is 0 Å². The Balaban J connectivity index is 1.91. The Hall–Kier alpha value is -1.56. The Labute approximate surface area is 154 Å². The molecule has 24 heavy (non-hydrogen) atoms. The van der Waals surface area contributed by atoms with Gasteiger partial charge in [-0.15, -0.1) is 22.9 Å². The van der Waals surface area contributed by atoms with E-state index in [2.05, 4.69) is 10.6 Å². The number of anilines is 2. The van der Waals surface area contributed by atoms with E-state index >= 15 is 0 Å². The zero-order valence-electron chi connectivity index (χ0n) is 12.8. The van der Waals surface area contributed by atoms with E-state index in [1.54, 1.807) is 24.3 Å². The van der Waals surface area contributed by atoms with Gasteiger partial charge < -0.3 is 10.6 Å². The third-order valence-corrected chi connectivity index (χ3v) is 5.58. The maximum absolute atomic E-state index is 12.8. The Bertz CT molecular complexity index is 772. The average molecular weight is 383 g/mol. The Morgan fingerprint density at radius 2 is 1.79 bits per heavy atom. The van der Waals surface area contributed by atoms with Gasteiger partial charge in [0.2, 0.25) is 5.91 Å². The molecule has 0 saturated heterocycles. The number of benzene rings is 1. The molecular formula is C17H16Cl2N2O2S. The van der Waals surface area contributed by atoms with Crippen LogP contribution >= 0.6 is 34.5 Å². The van der Waals surface area contributed by atoms with Crippen LogP contribution in [0.25, 0.3) is 0 Å². The fraction of sp³-hybridized carbons (Fsp3) is 0.294. The lowest BCUT2D eigenvalue weighted by Gasteiger charge is -2.13. The molecule has 2 N–H and O–H groups in total. The largest absolute Gasteiger partial charge is 0.322 e. The number of nitrogens with one attached hydrogen (secondary N) is 2. The van der Waals surface area contributed by atoms with Crippen molar-refractivity contribution in [3.63, 3.8) is 0 Å². The number of fused-ring (bicyclic) bond motifs is 1. The standard InChI is InChI=1S/C17H16Cl2N2O2S/c18-9-14(22)21-17-15(12-3-1-2-4-13(12)24-17)16(23)20-11-7-5-10(19)6-8-11/h5-8H,1-4,9H2,(H,20,23)(H,21,22). The molecule has 1 aromatic heterocycles. The zero-order valence-corrected chi connectivity index (χ0v) is 15.2. The van der Waals surface area contributed by atoms with Crippen LogP contribution in [0.5, 0.6) is 0 Å². The molecular weight excluding hydrogens is 367 g/mol. The van der Waals surface area contributed by atoms with Crippen LogP contribution in [0.1, 0.15) is 33.6 Å². The highest BCUT2D eigenvalue weighted by Crippen LogP contribution is 2.38. The number of alkyl halides is 1. The zero-order chi connectivity index (χ0) is 17.1. The summed E-state index contributed by atoms with van der Waals surface area (Å²) in [7, 11) is 0. The molecule has 1 aliphatic rings. The fourth-order valence-corrected chi connectivity index (χ4v) is 4.28. The maximum atomic E-state index is 12.8. The van der Waals surface area contributed by atoms with E-state index in [4.69, 9.17) is 23.2 Å². The van der Waals surface area contributed by atoms with Crippen molar-refractivity contribution in [1.29, 1.82) is 0 Å². The van der Waals surface area contributed by atoms with Gasteiger partial charge in [-0.1, -0.05) is 11.6 Å². The number of halogens is 2. The Morgan fingerprint density at radius 1 is 1.08 bits per heavy atom. The van der Waals surface area contributed by atoms with Gasteiger partial charge in [-0.2, -0.15) is 0 Å². The quantitative estimate of drug-likeness (QED) is 0.752. The summed E-state index contributed by atoms with van der Waals surface area (Å²) in [6, 6.07) is 6.93. The van der Waals surface area contributed by atoms with Gasteiger partial charge in [0, 0.05) is 15.6 Å². The maximum Gasteiger partial charge on any atom is 0.258 e. The predicted octanol–water partition coefficient (Wildman–Crippen LogP) is 4.71. The minimum absolute atomic E-state index is 0.138. The molecule has 2 aromatic rings. The second-order valence-corrected chi connectivity index (χ2v) is 7.37. The Kier molecular flexibility index (Phi) is 5.43. The first-order chi connectivity index (χ1) is 11.6. The average Bonchev–Trinajstić information content (AvgIpc) is 2.94. The normalized spacial score (nSPS) is 13.2. The summed E-state index contributed by atoms with van der Waals surface area (Å²) >= 11 is 12.9. The monoisotopic (exact) mass is 382 g/mol. The molecule has 0 radical (unpaired) electrons. The van der Waals surface area contributed by atoms with Crippen molar-refractivity contribution in [2.75, 3.05) is 16.5 Å². The second-order valence-electron chi connectivity index (χ2n) is 5.56. The number of hydrogen-bond donors (Lipinski definition) is 2. The molecule has 1 aliphatic carbocycles. The van der Waals surface area contributed by atoms with Crippen LogP contribution < -0.4 is 10.6 Å². The van der Waals surface area contributed by atoms with Crippen molar-refractivity contribution in [3.8, 4) is 0 Å². The molecule has 126 valence electrons. The lowest BCUT2D eigenvalue weighted by molar-refractivity contribution is -0.113. The van der Waals surface area contributed by atoms with Crippen molar-refractivity contribution in [2.45, 2.75) is 25.7 Å². The highest BCUT2D eigenvalue weighted by Gasteiger charge is 2.26. The summed E-state index contributed by atoms with van der Waals surface area (Å²) in [6.45, 7) is 0. The summed E-state index contributed by atoms with van der Waals surface area (Å²) in [6.07, 6.45) is 3.95. The van der Waals surface area contributed by atoms with Crippen molar-refractivity contribution in [2.24, 2.45) is 0 Å². The second kappa shape index (κ2) is 7.55. The third-order valence-electron chi connectivity index (χ3n) is 3.87. The van der Waals surface area contributed by atoms with E-state index in [9.17, 15) is 9.59 Å². The van der Waals surface area contributed by atoms with E-state index in [0.29, 0.717) is 21.3 Å².